The van der Waals surface area contributed by atoms with Gasteiger partial charge in [-0.05, 0) is 34.4 Å². The Balaban J connectivity index is 1.16. The van der Waals surface area contributed by atoms with Gasteiger partial charge in [0.05, 0.1) is 48.1 Å². The summed E-state index contributed by atoms with van der Waals surface area (Å²) in [5.41, 5.74) is 5.51. The number of ether oxygens (including phenoxy) is 2. The first-order valence-electron chi connectivity index (χ1n) is 16.4. The topological polar surface area (TPSA) is 86.7 Å². The maximum absolute atomic E-state index is 14.2. The highest BCUT2D eigenvalue weighted by molar-refractivity contribution is 6.07. The Hall–Kier alpha value is -5.30. The molecule has 0 aliphatic carbocycles. The average Bonchev–Trinajstić information content (AvgIpc) is 3.92. The first-order chi connectivity index (χ1) is 23.5. The maximum atomic E-state index is 14.2. The van der Waals surface area contributed by atoms with E-state index in [2.05, 4.69) is 0 Å². The number of benzene rings is 5. The summed E-state index contributed by atoms with van der Waals surface area (Å²) < 4.78 is 13.2. The molecule has 2 fully saturated rings. The van der Waals surface area contributed by atoms with Crippen LogP contribution in [-0.4, -0.2) is 23.1 Å². The van der Waals surface area contributed by atoms with E-state index >= 15 is 0 Å². The molecule has 4 bridgehead atoms. The average molecular weight is 631 g/mol. The zero-order valence-corrected chi connectivity index (χ0v) is 25.8. The van der Waals surface area contributed by atoms with E-state index in [1.165, 1.54) is 0 Å². The predicted octanol–water partition coefficient (Wildman–Crippen LogP) is 7.94. The van der Waals surface area contributed by atoms with Gasteiger partial charge in [0.1, 0.15) is 0 Å². The van der Waals surface area contributed by atoms with Crippen LogP contribution in [0.4, 0.5) is 0 Å². The lowest BCUT2D eigenvalue weighted by Crippen LogP contribution is -2.36. The second-order valence-corrected chi connectivity index (χ2v) is 13.1. The molecule has 48 heavy (non-hydrogen) atoms. The van der Waals surface area contributed by atoms with E-state index < -0.39 is 48.1 Å². The summed E-state index contributed by atoms with van der Waals surface area (Å²) in [5.74, 6) is -3.40. The molecule has 6 nitrogen and oxygen atoms in total. The third-order valence-corrected chi connectivity index (χ3v) is 10.6. The van der Waals surface area contributed by atoms with Gasteiger partial charge in [0.15, 0.2) is 23.1 Å². The third kappa shape index (κ3) is 4.26. The van der Waals surface area contributed by atoms with E-state index in [-0.39, 0.29) is 23.1 Å². The third-order valence-electron chi connectivity index (χ3n) is 10.6. The van der Waals surface area contributed by atoms with Gasteiger partial charge >= 0.3 is 0 Å². The molecule has 6 heteroatoms. The van der Waals surface area contributed by atoms with Crippen molar-refractivity contribution in [3.05, 3.63) is 178 Å². The summed E-state index contributed by atoms with van der Waals surface area (Å²) in [6, 6.07) is 40.2. The normalized spacial score (nSPS) is 27.3. The van der Waals surface area contributed by atoms with Gasteiger partial charge in [-0.25, -0.2) is 0 Å². The number of carbonyl (C=O) groups is 4. The molecule has 4 aliphatic heterocycles. The molecule has 0 N–H and O–H groups in total. The fourth-order valence-corrected chi connectivity index (χ4v) is 8.51. The first-order valence-corrected chi connectivity index (χ1v) is 16.4. The predicted molar refractivity (Wildman–Crippen MR) is 177 cm³/mol. The molecular formula is C42H30O6. The molecule has 0 saturated carbocycles. The van der Waals surface area contributed by atoms with E-state index in [1.54, 1.807) is 48.5 Å². The van der Waals surface area contributed by atoms with Gasteiger partial charge in [0.25, 0.3) is 0 Å². The van der Waals surface area contributed by atoms with Crippen LogP contribution in [0.2, 0.25) is 0 Å². The summed E-state index contributed by atoms with van der Waals surface area (Å²) in [5, 5.41) is 0. The van der Waals surface area contributed by atoms with Crippen LogP contribution in [0, 0.1) is 23.7 Å². The summed E-state index contributed by atoms with van der Waals surface area (Å²) >= 11 is 0. The van der Waals surface area contributed by atoms with Crippen LogP contribution in [0.3, 0.4) is 0 Å². The Kier molecular flexibility index (Phi) is 6.71. The minimum atomic E-state index is -0.718. The van der Waals surface area contributed by atoms with Gasteiger partial charge in [-0.1, -0.05) is 121 Å². The van der Waals surface area contributed by atoms with Crippen molar-refractivity contribution in [1.29, 1.82) is 0 Å². The van der Waals surface area contributed by atoms with Gasteiger partial charge < -0.3 is 9.47 Å². The van der Waals surface area contributed by atoms with Crippen molar-refractivity contribution in [2.75, 3.05) is 0 Å². The smallest absolute Gasteiger partial charge is 0.169 e. The largest absolute Gasteiger partial charge is 0.364 e. The molecule has 0 unspecified atom stereocenters. The number of ketones is 4. The van der Waals surface area contributed by atoms with Crippen molar-refractivity contribution in [3.8, 4) is 0 Å². The SMILES string of the molecule is O=C(c1ccccc1)[C@@H]1[C@H](C(=O)c2ccccc2)[C@@H]2O[C@@H]1c1cc3c(cc12)[C@@H]1O[C@@H]3[C@H](C(=O)c2ccccc2)[C@@H]1C(=O)c1ccccc1. The molecule has 0 aromatic heterocycles. The Morgan fingerprint density at radius 1 is 0.333 bits per heavy atom. The zero-order valence-electron chi connectivity index (χ0n) is 25.8. The fourth-order valence-electron chi connectivity index (χ4n) is 8.51. The second kappa shape index (κ2) is 11.2. The van der Waals surface area contributed by atoms with Gasteiger partial charge in [0.2, 0.25) is 0 Å². The Bertz CT molecular complexity index is 1790. The highest BCUT2D eigenvalue weighted by atomic mass is 16.5. The van der Waals surface area contributed by atoms with Crippen LogP contribution >= 0.6 is 0 Å². The van der Waals surface area contributed by atoms with E-state index in [1.807, 2.05) is 84.9 Å². The lowest BCUT2D eigenvalue weighted by Gasteiger charge is -2.32. The van der Waals surface area contributed by atoms with Crippen molar-refractivity contribution in [2.24, 2.45) is 23.7 Å². The number of hydrogen-bond donors (Lipinski definition) is 0. The lowest BCUT2D eigenvalue weighted by atomic mass is 9.66. The van der Waals surface area contributed by atoms with Crippen molar-refractivity contribution in [2.45, 2.75) is 24.4 Å². The number of fused-ring (bicyclic) bond motifs is 10. The minimum Gasteiger partial charge on any atom is -0.364 e. The molecule has 0 amide bonds. The molecule has 4 aliphatic rings. The summed E-state index contributed by atoms with van der Waals surface area (Å²) in [6.45, 7) is 0. The van der Waals surface area contributed by atoms with Crippen LogP contribution in [0.15, 0.2) is 133 Å². The highest BCUT2D eigenvalue weighted by Gasteiger charge is 2.62. The summed E-state index contributed by atoms with van der Waals surface area (Å²) in [6.07, 6.45) is -2.54. The minimum absolute atomic E-state index is 0.132. The van der Waals surface area contributed by atoms with Crippen molar-refractivity contribution < 1.29 is 28.7 Å². The molecule has 8 atom stereocenters. The summed E-state index contributed by atoms with van der Waals surface area (Å²) in [4.78, 5) is 56.7. The first kappa shape index (κ1) is 28.9. The quantitative estimate of drug-likeness (QED) is 0.162. The monoisotopic (exact) mass is 630 g/mol. The van der Waals surface area contributed by atoms with Gasteiger partial charge in [-0.3, -0.25) is 19.2 Å². The Labute approximate surface area is 277 Å². The molecule has 0 spiro atoms. The van der Waals surface area contributed by atoms with Gasteiger partial charge in [0, 0.05) is 22.3 Å². The zero-order chi connectivity index (χ0) is 32.5. The lowest BCUT2D eigenvalue weighted by molar-refractivity contribution is 0.0476. The molecule has 234 valence electrons. The number of hydrogen-bond acceptors (Lipinski definition) is 6. The van der Waals surface area contributed by atoms with E-state index in [4.69, 9.17) is 9.47 Å². The highest BCUT2D eigenvalue weighted by Crippen LogP contribution is 2.64. The van der Waals surface area contributed by atoms with Gasteiger partial charge in [-0.15, -0.1) is 0 Å². The molecule has 2 saturated heterocycles. The number of rotatable bonds is 8. The molecule has 4 heterocycles. The molecule has 5 aromatic rings. The van der Waals surface area contributed by atoms with Crippen molar-refractivity contribution in [3.63, 3.8) is 0 Å². The van der Waals surface area contributed by atoms with Crippen LogP contribution in [-0.2, 0) is 9.47 Å². The van der Waals surface area contributed by atoms with Crippen molar-refractivity contribution >= 4 is 23.1 Å². The molecule has 0 radical (unpaired) electrons. The van der Waals surface area contributed by atoms with Gasteiger partial charge in [-0.2, -0.15) is 0 Å². The van der Waals surface area contributed by atoms with E-state index in [0.717, 1.165) is 22.3 Å². The Morgan fingerprint density at radius 2 is 0.542 bits per heavy atom. The standard InChI is InChI=1S/C42H30O6/c43-35(23-13-5-1-6-14-23)31-32(36(44)24-15-7-2-8-16-24)40-28-22-30-29(21-27(28)39(31)47-40)41-33(37(45)25-17-9-3-10-18-25)34(42(30)48-41)38(46)26-19-11-4-12-20-26/h1-22,31-34,39-42H/t31-,32+,33-,34+,39-,40-,41+,42+. The van der Waals surface area contributed by atoms with E-state index in [0.29, 0.717) is 22.3 Å². The van der Waals surface area contributed by atoms with Crippen LogP contribution < -0.4 is 0 Å². The second-order valence-electron chi connectivity index (χ2n) is 13.1. The number of carbonyl (C=O) groups excluding carboxylic acids is 4. The summed E-state index contributed by atoms with van der Waals surface area (Å²) in [7, 11) is 0. The fraction of sp³-hybridized carbons (Fsp3) is 0.190. The van der Waals surface area contributed by atoms with E-state index in [9.17, 15) is 19.2 Å². The Morgan fingerprint density at radius 3 is 0.750 bits per heavy atom. The number of Topliss-reactive ketones (excluding diaryl/α,β-unsaturated/α-hetero) is 4. The molecular weight excluding hydrogens is 600 g/mol. The van der Waals surface area contributed by atoms with Crippen LogP contribution in [0.25, 0.3) is 0 Å². The van der Waals surface area contributed by atoms with Crippen LogP contribution in [0.1, 0.15) is 88.1 Å². The molecule has 9 rings (SSSR count). The van der Waals surface area contributed by atoms with Crippen LogP contribution in [0.5, 0.6) is 0 Å². The molecule has 5 aromatic carbocycles. The maximum Gasteiger partial charge on any atom is 0.169 e. The van der Waals surface area contributed by atoms with Crippen molar-refractivity contribution in [1.82, 2.24) is 0 Å².